The number of hydrogen-bond donors (Lipinski definition) is 2. The van der Waals surface area contributed by atoms with Crippen LogP contribution in [0.5, 0.6) is 0 Å². The minimum Gasteiger partial charge on any atom is -0.326 e. The summed E-state index contributed by atoms with van der Waals surface area (Å²) in [4.78, 5) is 34.3. The van der Waals surface area contributed by atoms with Crippen LogP contribution >= 0.6 is 0 Å². The van der Waals surface area contributed by atoms with Crippen molar-refractivity contribution in [2.75, 3.05) is 5.32 Å². The molecule has 1 aromatic carbocycles. The van der Waals surface area contributed by atoms with E-state index >= 15 is 0 Å². The number of hydrogen-bond acceptors (Lipinski definition) is 3. The summed E-state index contributed by atoms with van der Waals surface area (Å²) in [6.45, 7) is -0.0975. The molecule has 0 spiro atoms. The van der Waals surface area contributed by atoms with Gasteiger partial charge < -0.3 is 5.32 Å². The second kappa shape index (κ2) is 6.51. The third-order valence-electron chi connectivity index (χ3n) is 2.92. The molecule has 0 saturated heterocycles. The fraction of sp³-hybridized carbons (Fsp3) is 0.214. The molecule has 2 aromatic rings. The minimum atomic E-state index is -4.50. The van der Waals surface area contributed by atoms with Crippen molar-refractivity contribution in [3.05, 3.63) is 62.7 Å². The largest absolute Gasteiger partial charge is 0.416 e. The minimum absolute atomic E-state index is 0.00118. The van der Waals surface area contributed by atoms with Crippen LogP contribution in [0.15, 0.2) is 46.0 Å². The van der Waals surface area contributed by atoms with Gasteiger partial charge in [-0.25, -0.2) is 4.68 Å². The molecule has 0 radical (unpaired) electrons. The van der Waals surface area contributed by atoms with Gasteiger partial charge in [0, 0.05) is 24.2 Å². The van der Waals surface area contributed by atoms with E-state index in [-0.39, 0.29) is 18.7 Å². The molecule has 1 heterocycles. The molecule has 2 rings (SSSR count). The van der Waals surface area contributed by atoms with Crippen LogP contribution in [0.25, 0.3) is 0 Å². The van der Waals surface area contributed by atoms with Crippen molar-refractivity contribution in [3.8, 4) is 0 Å². The number of rotatable bonds is 4. The van der Waals surface area contributed by atoms with Gasteiger partial charge in [-0.05, 0) is 18.2 Å². The number of H-pyrrole nitrogens is 1. The van der Waals surface area contributed by atoms with Crippen LogP contribution in [-0.4, -0.2) is 15.7 Å². The Balaban J connectivity index is 2.01. The van der Waals surface area contributed by atoms with Crippen LogP contribution in [-0.2, 0) is 17.5 Å². The van der Waals surface area contributed by atoms with Gasteiger partial charge in [0.25, 0.3) is 11.1 Å². The molecule has 6 nitrogen and oxygen atoms in total. The average molecular weight is 327 g/mol. The van der Waals surface area contributed by atoms with Crippen LogP contribution in [0.4, 0.5) is 18.9 Å². The number of aryl methyl sites for hydroxylation is 1. The number of aromatic nitrogens is 2. The number of alkyl halides is 3. The highest BCUT2D eigenvalue weighted by atomic mass is 19.4. The molecular formula is C14H12F3N3O3. The van der Waals surface area contributed by atoms with E-state index in [1.807, 2.05) is 0 Å². The normalized spacial score (nSPS) is 11.3. The number of amides is 1. The van der Waals surface area contributed by atoms with Crippen molar-refractivity contribution in [1.82, 2.24) is 9.78 Å². The lowest BCUT2D eigenvalue weighted by Gasteiger charge is -2.10. The fourth-order valence-electron chi connectivity index (χ4n) is 1.84. The van der Waals surface area contributed by atoms with Crippen molar-refractivity contribution in [1.29, 1.82) is 0 Å². The van der Waals surface area contributed by atoms with Crippen molar-refractivity contribution in [3.63, 3.8) is 0 Å². The summed E-state index contributed by atoms with van der Waals surface area (Å²) >= 11 is 0. The van der Waals surface area contributed by atoms with E-state index in [1.54, 1.807) is 0 Å². The number of carbonyl (C=O) groups excluding carboxylic acids is 1. The van der Waals surface area contributed by atoms with Gasteiger partial charge in [-0.3, -0.25) is 19.5 Å². The Kier molecular flexibility index (Phi) is 4.68. The number of nitrogens with zero attached hydrogens (tertiary/aromatic N) is 1. The Labute approximate surface area is 127 Å². The maximum Gasteiger partial charge on any atom is 0.416 e. The topological polar surface area (TPSA) is 84.0 Å². The maximum atomic E-state index is 12.6. The highest BCUT2D eigenvalue weighted by molar-refractivity contribution is 5.90. The number of carbonyl (C=O) groups is 1. The van der Waals surface area contributed by atoms with E-state index in [0.29, 0.717) is 0 Å². The number of aromatic amines is 1. The third kappa shape index (κ3) is 4.56. The first-order valence-electron chi connectivity index (χ1n) is 6.53. The molecule has 0 unspecified atom stereocenters. The van der Waals surface area contributed by atoms with Crippen molar-refractivity contribution in [2.24, 2.45) is 0 Å². The molecule has 0 aliphatic carbocycles. The summed E-state index contributed by atoms with van der Waals surface area (Å²) in [5.74, 6) is -0.582. The van der Waals surface area contributed by atoms with E-state index in [0.717, 1.165) is 28.9 Å². The van der Waals surface area contributed by atoms with Gasteiger partial charge >= 0.3 is 6.18 Å². The van der Waals surface area contributed by atoms with Crippen LogP contribution in [0.2, 0.25) is 0 Å². The van der Waals surface area contributed by atoms with E-state index < -0.39 is 28.8 Å². The molecule has 0 aliphatic rings. The van der Waals surface area contributed by atoms with E-state index in [2.05, 4.69) is 10.4 Å². The summed E-state index contributed by atoms with van der Waals surface area (Å²) in [7, 11) is 0. The zero-order chi connectivity index (χ0) is 17.0. The van der Waals surface area contributed by atoms with E-state index in [9.17, 15) is 27.6 Å². The maximum absolute atomic E-state index is 12.6. The molecule has 0 saturated carbocycles. The highest BCUT2D eigenvalue weighted by Crippen LogP contribution is 2.30. The standard InChI is InChI=1S/C14H12F3N3O3/c15-14(16,17)9-2-1-3-10(8-9)18-11(21)6-7-20-13(23)5-4-12(22)19-20/h1-5,8H,6-7H2,(H,18,21)(H,19,22). The second-order valence-electron chi connectivity index (χ2n) is 4.68. The van der Waals surface area contributed by atoms with Crippen LogP contribution in [0.1, 0.15) is 12.0 Å². The van der Waals surface area contributed by atoms with Gasteiger partial charge in [-0.1, -0.05) is 6.07 Å². The average Bonchev–Trinajstić information content (AvgIpc) is 2.47. The number of anilines is 1. The van der Waals surface area contributed by atoms with Gasteiger partial charge in [0.2, 0.25) is 5.91 Å². The first kappa shape index (κ1) is 16.5. The van der Waals surface area contributed by atoms with E-state index in [4.69, 9.17) is 0 Å². The SMILES string of the molecule is O=C(CCn1[nH]c(=O)ccc1=O)Nc1cccc(C(F)(F)F)c1. The first-order valence-corrected chi connectivity index (χ1v) is 6.53. The van der Waals surface area contributed by atoms with Crippen molar-refractivity contribution < 1.29 is 18.0 Å². The lowest BCUT2D eigenvalue weighted by molar-refractivity contribution is -0.137. The number of halogens is 3. The quantitative estimate of drug-likeness (QED) is 0.894. The van der Waals surface area contributed by atoms with Gasteiger partial charge in [0.1, 0.15) is 0 Å². The number of nitrogens with one attached hydrogen (secondary N) is 2. The second-order valence-corrected chi connectivity index (χ2v) is 4.68. The van der Waals surface area contributed by atoms with Crippen LogP contribution < -0.4 is 16.4 Å². The Morgan fingerprint density at radius 3 is 2.61 bits per heavy atom. The Hall–Kier alpha value is -2.84. The summed E-state index contributed by atoms with van der Waals surface area (Å²) in [6.07, 6.45) is -4.69. The Morgan fingerprint density at radius 1 is 1.17 bits per heavy atom. The smallest absolute Gasteiger partial charge is 0.326 e. The van der Waals surface area contributed by atoms with E-state index in [1.165, 1.54) is 12.1 Å². The van der Waals surface area contributed by atoms with Crippen LogP contribution in [0, 0.1) is 0 Å². The fourth-order valence-corrected chi connectivity index (χ4v) is 1.84. The predicted molar refractivity (Wildman–Crippen MR) is 76.0 cm³/mol. The monoisotopic (exact) mass is 327 g/mol. The molecule has 9 heteroatoms. The molecule has 0 atom stereocenters. The molecular weight excluding hydrogens is 315 g/mol. The summed E-state index contributed by atoms with van der Waals surface area (Å²) < 4.78 is 38.7. The van der Waals surface area contributed by atoms with Gasteiger partial charge in [-0.15, -0.1) is 0 Å². The first-order chi connectivity index (χ1) is 10.8. The van der Waals surface area contributed by atoms with Gasteiger partial charge in [0.15, 0.2) is 0 Å². The molecule has 23 heavy (non-hydrogen) atoms. The lowest BCUT2D eigenvalue weighted by atomic mass is 10.2. The molecule has 2 N–H and O–H groups in total. The van der Waals surface area contributed by atoms with Crippen molar-refractivity contribution in [2.45, 2.75) is 19.1 Å². The third-order valence-corrected chi connectivity index (χ3v) is 2.92. The molecule has 0 aliphatic heterocycles. The molecule has 122 valence electrons. The Bertz CT molecular complexity index is 824. The van der Waals surface area contributed by atoms with Crippen molar-refractivity contribution >= 4 is 11.6 Å². The molecule has 1 amide bonds. The summed E-state index contributed by atoms with van der Waals surface area (Å²) in [5, 5.41) is 4.56. The molecule has 0 bridgehead atoms. The molecule has 1 aromatic heterocycles. The predicted octanol–water partition coefficient (Wildman–Crippen LogP) is 1.58. The lowest BCUT2D eigenvalue weighted by Crippen LogP contribution is -2.29. The zero-order valence-corrected chi connectivity index (χ0v) is 11.7. The summed E-state index contributed by atoms with van der Waals surface area (Å²) in [5.41, 5.74) is -1.86. The van der Waals surface area contributed by atoms with Crippen LogP contribution in [0.3, 0.4) is 0 Å². The molecule has 0 fully saturated rings. The Morgan fingerprint density at radius 2 is 1.91 bits per heavy atom. The summed E-state index contributed by atoms with van der Waals surface area (Å²) in [6, 6.07) is 6.32. The zero-order valence-electron chi connectivity index (χ0n) is 11.7. The van der Waals surface area contributed by atoms with Gasteiger partial charge in [0.05, 0.1) is 12.1 Å². The number of benzene rings is 1. The van der Waals surface area contributed by atoms with Gasteiger partial charge in [-0.2, -0.15) is 13.2 Å². The highest BCUT2D eigenvalue weighted by Gasteiger charge is 2.30.